The molecule has 0 aliphatic rings. The number of hydrogen-bond donors (Lipinski definition) is 2. The van der Waals surface area contributed by atoms with E-state index in [1.165, 1.54) is 0 Å². The normalized spacial score (nSPS) is 10.8. The van der Waals surface area contributed by atoms with Crippen molar-refractivity contribution < 1.29 is 14.3 Å². The summed E-state index contributed by atoms with van der Waals surface area (Å²) in [6, 6.07) is 33.1. The number of carbonyl (C=O) groups excluding carboxylic acids is 2. The van der Waals surface area contributed by atoms with E-state index in [0.29, 0.717) is 16.5 Å². The highest BCUT2D eigenvalue weighted by atomic mass is 35.5. The molecule has 2 N–H and O–H groups in total. The molecule has 0 aliphatic heterocycles. The summed E-state index contributed by atoms with van der Waals surface area (Å²) in [6.07, 6.45) is 1.56. The van der Waals surface area contributed by atoms with Gasteiger partial charge < -0.3 is 10.1 Å². The molecule has 0 unspecified atom stereocenters. The highest BCUT2D eigenvalue weighted by Gasteiger charge is 2.22. The number of carbonyl (C=O) groups is 2. The first kappa shape index (κ1) is 24.7. The summed E-state index contributed by atoms with van der Waals surface area (Å²) in [6.45, 7) is -0.142. The third kappa shape index (κ3) is 7.04. The van der Waals surface area contributed by atoms with Gasteiger partial charge in [-0.2, -0.15) is 5.10 Å². The number of benzene rings is 4. The number of halogens is 1. The molecule has 0 aliphatic carbocycles. The summed E-state index contributed by atoms with van der Waals surface area (Å²) < 4.78 is 5.54. The monoisotopic (exact) mass is 497 g/mol. The second-order valence-electron chi connectivity index (χ2n) is 7.90. The molecule has 0 radical (unpaired) electrons. The predicted molar refractivity (Wildman–Crippen MR) is 142 cm³/mol. The highest BCUT2D eigenvalue weighted by Crippen LogP contribution is 2.24. The van der Waals surface area contributed by atoms with Gasteiger partial charge in [0.15, 0.2) is 6.61 Å². The van der Waals surface area contributed by atoms with Crippen molar-refractivity contribution in [3.8, 4) is 5.75 Å². The van der Waals surface area contributed by atoms with E-state index in [2.05, 4.69) is 15.8 Å². The van der Waals surface area contributed by atoms with Crippen LogP contribution in [-0.4, -0.2) is 24.6 Å². The van der Waals surface area contributed by atoms with E-state index in [0.717, 1.165) is 16.7 Å². The maximum absolute atomic E-state index is 13.0. The number of anilines is 1. The Morgan fingerprint density at radius 2 is 1.47 bits per heavy atom. The molecule has 2 amide bonds. The van der Waals surface area contributed by atoms with Gasteiger partial charge in [-0.25, -0.2) is 5.43 Å². The minimum Gasteiger partial charge on any atom is -0.484 e. The zero-order chi connectivity index (χ0) is 25.2. The van der Waals surface area contributed by atoms with Crippen LogP contribution in [0.4, 0.5) is 5.69 Å². The van der Waals surface area contributed by atoms with E-state index in [1.54, 1.807) is 54.7 Å². The lowest BCUT2D eigenvalue weighted by atomic mass is 9.91. The topological polar surface area (TPSA) is 79.8 Å². The summed E-state index contributed by atoms with van der Waals surface area (Å²) in [7, 11) is 0. The number of nitrogens with zero attached hydrogens (tertiary/aromatic N) is 1. The number of hydrogen-bond acceptors (Lipinski definition) is 4. The standard InChI is InChI=1S/C29H24ClN3O3/c30-24-12-7-13-25(18-24)32-27(34)20-36-26-16-14-21(15-17-26)19-31-33-29(35)28(22-8-3-1-4-9-22)23-10-5-2-6-11-23/h1-19,28H,20H2,(H,32,34)(H,33,35)/b31-19+. The molecule has 0 bridgehead atoms. The summed E-state index contributed by atoms with van der Waals surface area (Å²) in [5.41, 5.74) is 5.79. The Balaban J connectivity index is 1.31. The Hall–Kier alpha value is -4.42. The Labute approximate surface area is 214 Å². The Morgan fingerprint density at radius 3 is 2.08 bits per heavy atom. The lowest BCUT2D eigenvalue weighted by Crippen LogP contribution is -2.26. The van der Waals surface area contributed by atoms with Crippen molar-refractivity contribution in [2.45, 2.75) is 5.92 Å². The molecule has 6 nitrogen and oxygen atoms in total. The Kier molecular flexibility index (Phi) is 8.46. The molecule has 7 heteroatoms. The van der Waals surface area contributed by atoms with Crippen molar-refractivity contribution in [3.05, 3.63) is 131 Å². The smallest absolute Gasteiger partial charge is 0.262 e. The second kappa shape index (κ2) is 12.3. The summed E-state index contributed by atoms with van der Waals surface area (Å²) in [4.78, 5) is 25.1. The van der Waals surface area contributed by atoms with Crippen LogP contribution in [0, 0.1) is 0 Å². The van der Waals surface area contributed by atoms with Crippen molar-refractivity contribution >= 4 is 35.3 Å². The molecular formula is C29H24ClN3O3. The van der Waals surface area contributed by atoms with Crippen LogP contribution in [0.3, 0.4) is 0 Å². The van der Waals surface area contributed by atoms with Crippen LogP contribution >= 0.6 is 11.6 Å². The summed E-state index contributed by atoms with van der Waals surface area (Å²) >= 11 is 5.92. The molecule has 4 aromatic carbocycles. The van der Waals surface area contributed by atoms with Crippen molar-refractivity contribution in [1.29, 1.82) is 0 Å². The van der Waals surface area contributed by atoms with Gasteiger partial charge in [-0.05, 0) is 59.2 Å². The van der Waals surface area contributed by atoms with Gasteiger partial charge in [-0.1, -0.05) is 78.3 Å². The van der Waals surface area contributed by atoms with Gasteiger partial charge in [0.05, 0.1) is 12.1 Å². The van der Waals surface area contributed by atoms with Crippen LogP contribution in [0.2, 0.25) is 5.02 Å². The molecule has 0 aromatic heterocycles. The zero-order valence-electron chi connectivity index (χ0n) is 19.3. The van der Waals surface area contributed by atoms with Crippen LogP contribution in [0.25, 0.3) is 0 Å². The first-order valence-corrected chi connectivity index (χ1v) is 11.7. The zero-order valence-corrected chi connectivity index (χ0v) is 20.1. The fourth-order valence-corrected chi connectivity index (χ4v) is 3.77. The van der Waals surface area contributed by atoms with E-state index < -0.39 is 5.92 Å². The highest BCUT2D eigenvalue weighted by molar-refractivity contribution is 6.30. The third-order valence-corrected chi connectivity index (χ3v) is 5.51. The van der Waals surface area contributed by atoms with Gasteiger partial charge in [0.1, 0.15) is 5.75 Å². The molecule has 0 saturated carbocycles. The summed E-state index contributed by atoms with van der Waals surface area (Å²) in [5, 5.41) is 7.40. The van der Waals surface area contributed by atoms with E-state index >= 15 is 0 Å². The van der Waals surface area contributed by atoms with Gasteiger partial charge in [-0.15, -0.1) is 0 Å². The van der Waals surface area contributed by atoms with Gasteiger partial charge in [0.2, 0.25) is 0 Å². The lowest BCUT2D eigenvalue weighted by Gasteiger charge is -2.16. The van der Waals surface area contributed by atoms with Crippen molar-refractivity contribution in [1.82, 2.24) is 5.43 Å². The predicted octanol–water partition coefficient (Wildman–Crippen LogP) is 5.64. The van der Waals surface area contributed by atoms with Crippen LogP contribution in [0.5, 0.6) is 5.75 Å². The quantitative estimate of drug-likeness (QED) is 0.232. The maximum Gasteiger partial charge on any atom is 0.262 e. The third-order valence-electron chi connectivity index (χ3n) is 5.27. The average Bonchev–Trinajstić information content (AvgIpc) is 2.90. The minimum atomic E-state index is -0.474. The van der Waals surface area contributed by atoms with Gasteiger partial charge >= 0.3 is 0 Å². The first-order chi connectivity index (χ1) is 17.6. The minimum absolute atomic E-state index is 0.142. The van der Waals surface area contributed by atoms with Crippen LogP contribution in [0.15, 0.2) is 114 Å². The SMILES string of the molecule is O=C(COc1ccc(/C=N/NC(=O)C(c2ccccc2)c2ccccc2)cc1)Nc1cccc(Cl)c1. The van der Waals surface area contributed by atoms with Gasteiger partial charge in [-0.3, -0.25) is 9.59 Å². The van der Waals surface area contributed by atoms with E-state index in [1.807, 2.05) is 60.7 Å². The van der Waals surface area contributed by atoms with Crippen LogP contribution < -0.4 is 15.5 Å². The van der Waals surface area contributed by atoms with Gasteiger partial charge in [0.25, 0.3) is 11.8 Å². The fraction of sp³-hybridized carbons (Fsp3) is 0.0690. The van der Waals surface area contributed by atoms with Crippen LogP contribution in [0.1, 0.15) is 22.6 Å². The number of nitrogens with one attached hydrogen (secondary N) is 2. The second-order valence-corrected chi connectivity index (χ2v) is 8.34. The molecule has 0 heterocycles. The maximum atomic E-state index is 13.0. The molecule has 180 valence electrons. The van der Waals surface area contributed by atoms with Crippen molar-refractivity contribution in [3.63, 3.8) is 0 Å². The molecule has 0 saturated heterocycles. The Bertz CT molecular complexity index is 1290. The van der Waals surface area contributed by atoms with E-state index in [-0.39, 0.29) is 18.4 Å². The van der Waals surface area contributed by atoms with Gasteiger partial charge in [0, 0.05) is 10.7 Å². The summed E-state index contributed by atoms with van der Waals surface area (Å²) in [5.74, 6) is -0.463. The first-order valence-electron chi connectivity index (χ1n) is 11.3. The number of hydrazone groups is 1. The number of ether oxygens (including phenoxy) is 1. The van der Waals surface area contributed by atoms with Crippen LogP contribution in [-0.2, 0) is 9.59 Å². The molecular weight excluding hydrogens is 474 g/mol. The molecule has 0 fully saturated rings. The number of rotatable bonds is 9. The molecule has 4 rings (SSSR count). The molecule has 0 spiro atoms. The van der Waals surface area contributed by atoms with E-state index in [9.17, 15) is 9.59 Å². The molecule has 36 heavy (non-hydrogen) atoms. The fourth-order valence-electron chi connectivity index (χ4n) is 3.58. The number of amides is 2. The molecule has 4 aromatic rings. The average molecular weight is 498 g/mol. The largest absolute Gasteiger partial charge is 0.484 e. The van der Waals surface area contributed by atoms with Crippen molar-refractivity contribution in [2.75, 3.05) is 11.9 Å². The lowest BCUT2D eigenvalue weighted by molar-refractivity contribution is -0.121. The van der Waals surface area contributed by atoms with E-state index in [4.69, 9.17) is 16.3 Å². The molecule has 0 atom stereocenters. The van der Waals surface area contributed by atoms with Crippen molar-refractivity contribution in [2.24, 2.45) is 5.10 Å². The Morgan fingerprint density at radius 1 is 0.833 bits per heavy atom.